The molecule has 0 radical (unpaired) electrons. The molecule has 5 nitrogen and oxygen atoms in total. The molecule has 2 aromatic rings. The van der Waals surface area contributed by atoms with E-state index in [1.54, 1.807) is 39.5 Å². The highest BCUT2D eigenvalue weighted by Crippen LogP contribution is 2.30. The second-order valence-corrected chi connectivity index (χ2v) is 4.41. The second kappa shape index (κ2) is 6.74. The number of anilines is 1. The van der Waals surface area contributed by atoms with Gasteiger partial charge in [0.15, 0.2) is 0 Å². The third kappa shape index (κ3) is 3.51. The van der Waals surface area contributed by atoms with E-state index in [0.717, 1.165) is 17.0 Å². The van der Waals surface area contributed by atoms with Gasteiger partial charge in [0.2, 0.25) is 0 Å². The average Bonchev–Trinajstić information content (AvgIpc) is 2.53. The Balaban J connectivity index is 2.19. The smallest absolute Gasteiger partial charge is 0.142 e. The molecule has 0 bridgehead atoms. The molecule has 0 saturated heterocycles. The van der Waals surface area contributed by atoms with E-state index in [2.05, 4.69) is 5.32 Å². The maximum atomic E-state index is 9.88. The van der Waals surface area contributed by atoms with Gasteiger partial charge < -0.3 is 24.6 Å². The number of phenols is 1. The topological polar surface area (TPSA) is 60.0 Å². The lowest BCUT2D eigenvalue weighted by atomic mass is 10.1. The van der Waals surface area contributed by atoms with E-state index in [4.69, 9.17) is 14.2 Å². The van der Waals surface area contributed by atoms with Crippen LogP contribution < -0.4 is 19.5 Å². The molecule has 0 aliphatic carbocycles. The van der Waals surface area contributed by atoms with E-state index >= 15 is 0 Å². The van der Waals surface area contributed by atoms with Gasteiger partial charge in [0.25, 0.3) is 0 Å². The van der Waals surface area contributed by atoms with Gasteiger partial charge in [-0.3, -0.25) is 0 Å². The van der Waals surface area contributed by atoms with Crippen LogP contribution in [0.25, 0.3) is 0 Å². The van der Waals surface area contributed by atoms with Gasteiger partial charge >= 0.3 is 0 Å². The van der Waals surface area contributed by atoms with Gasteiger partial charge in [-0.25, -0.2) is 0 Å². The van der Waals surface area contributed by atoms with Crippen LogP contribution in [0.1, 0.15) is 5.56 Å². The molecule has 5 heteroatoms. The number of hydrogen-bond acceptors (Lipinski definition) is 5. The van der Waals surface area contributed by atoms with Crippen LogP contribution in [0, 0.1) is 0 Å². The first-order valence-electron chi connectivity index (χ1n) is 6.49. The number of hydrogen-bond donors (Lipinski definition) is 2. The summed E-state index contributed by atoms with van der Waals surface area (Å²) in [4.78, 5) is 0. The summed E-state index contributed by atoms with van der Waals surface area (Å²) in [5, 5.41) is 13.1. The number of methoxy groups -OCH3 is 3. The lowest BCUT2D eigenvalue weighted by Crippen LogP contribution is -2.02. The zero-order chi connectivity index (χ0) is 15.2. The maximum absolute atomic E-state index is 9.88. The van der Waals surface area contributed by atoms with Crippen LogP contribution in [-0.2, 0) is 6.54 Å². The summed E-state index contributed by atoms with van der Waals surface area (Å²) < 4.78 is 15.7. The molecular formula is C16H19NO4. The van der Waals surface area contributed by atoms with Gasteiger partial charge in [-0.15, -0.1) is 0 Å². The zero-order valence-corrected chi connectivity index (χ0v) is 12.3. The first-order valence-corrected chi connectivity index (χ1v) is 6.49. The standard InChI is InChI=1S/C16H19NO4/c1-19-12-4-6-15(18)11(8-12)10-17-14-9-13(20-2)5-7-16(14)21-3/h4-9,17-18H,10H2,1-3H3. The van der Waals surface area contributed by atoms with Crippen LogP contribution in [-0.4, -0.2) is 26.4 Å². The summed E-state index contributed by atoms with van der Waals surface area (Å²) >= 11 is 0. The molecule has 2 rings (SSSR count). The molecule has 2 aromatic carbocycles. The fourth-order valence-corrected chi connectivity index (χ4v) is 1.97. The SMILES string of the molecule is COc1ccc(O)c(CNc2cc(OC)ccc2OC)c1. The maximum Gasteiger partial charge on any atom is 0.142 e. The van der Waals surface area contributed by atoms with Crippen LogP contribution >= 0.6 is 0 Å². The van der Waals surface area contributed by atoms with Crippen molar-refractivity contribution in [3.8, 4) is 23.0 Å². The Kier molecular flexibility index (Phi) is 4.77. The largest absolute Gasteiger partial charge is 0.508 e. The van der Waals surface area contributed by atoms with Crippen LogP contribution in [0.2, 0.25) is 0 Å². The van der Waals surface area contributed by atoms with Gasteiger partial charge in [0.1, 0.15) is 23.0 Å². The molecule has 112 valence electrons. The van der Waals surface area contributed by atoms with Gasteiger partial charge in [-0.05, 0) is 30.3 Å². The first-order chi connectivity index (χ1) is 10.2. The molecule has 2 N–H and O–H groups in total. The van der Waals surface area contributed by atoms with Crippen LogP contribution in [0.5, 0.6) is 23.0 Å². The van der Waals surface area contributed by atoms with Crippen molar-refractivity contribution in [3.05, 3.63) is 42.0 Å². The Bertz CT molecular complexity index is 613. The molecule has 0 fully saturated rings. The first kappa shape index (κ1) is 14.8. The molecule has 0 saturated carbocycles. The van der Waals surface area contributed by atoms with Gasteiger partial charge in [0, 0.05) is 18.2 Å². The van der Waals surface area contributed by atoms with Crippen LogP contribution in [0.4, 0.5) is 5.69 Å². The van der Waals surface area contributed by atoms with Crippen molar-refractivity contribution in [2.75, 3.05) is 26.6 Å². The molecule has 0 atom stereocenters. The lowest BCUT2D eigenvalue weighted by Gasteiger charge is -2.14. The van der Waals surface area contributed by atoms with Crippen LogP contribution in [0.15, 0.2) is 36.4 Å². The zero-order valence-electron chi connectivity index (χ0n) is 12.3. The summed E-state index contributed by atoms with van der Waals surface area (Å²) in [6.45, 7) is 0.437. The Morgan fingerprint density at radius 3 is 2.24 bits per heavy atom. The highest BCUT2D eigenvalue weighted by atomic mass is 16.5. The van der Waals surface area contributed by atoms with E-state index in [9.17, 15) is 5.11 Å². The monoisotopic (exact) mass is 289 g/mol. The molecule has 0 amide bonds. The number of benzene rings is 2. The number of ether oxygens (including phenoxy) is 3. The number of phenolic OH excluding ortho intramolecular Hbond substituents is 1. The summed E-state index contributed by atoms with van der Waals surface area (Å²) in [5.41, 5.74) is 1.53. The van der Waals surface area contributed by atoms with E-state index in [1.165, 1.54) is 0 Å². The summed E-state index contributed by atoms with van der Waals surface area (Å²) in [6, 6.07) is 10.6. The quantitative estimate of drug-likeness (QED) is 0.856. The number of nitrogens with one attached hydrogen (secondary N) is 1. The van der Waals surface area contributed by atoms with Crippen molar-refractivity contribution in [1.29, 1.82) is 0 Å². The summed E-state index contributed by atoms with van der Waals surface area (Å²) in [5.74, 6) is 2.35. The summed E-state index contributed by atoms with van der Waals surface area (Å²) in [6.07, 6.45) is 0. The Morgan fingerprint density at radius 1 is 0.905 bits per heavy atom. The molecule has 0 heterocycles. The van der Waals surface area contributed by atoms with E-state index in [-0.39, 0.29) is 5.75 Å². The Labute approximate surface area is 124 Å². The summed E-state index contributed by atoms with van der Waals surface area (Å²) in [7, 11) is 4.81. The Morgan fingerprint density at radius 2 is 1.57 bits per heavy atom. The predicted octanol–water partition coefficient (Wildman–Crippen LogP) is 3.03. The van der Waals surface area contributed by atoms with Crippen molar-refractivity contribution in [1.82, 2.24) is 0 Å². The van der Waals surface area contributed by atoms with Crippen molar-refractivity contribution in [2.45, 2.75) is 6.54 Å². The average molecular weight is 289 g/mol. The molecule has 21 heavy (non-hydrogen) atoms. The minimum absolute atomic E-state index is 0.213. The molecule has 0 unspecified atom stereocenters. The minimum Gasteiger partial charge on any atom is -0.508 e. The number of rotatable bonds is 6. The highest BCUT2D eigenvalue weighted by Gasteiger charge is 2.07. The Hall–Kier alpha value is -2.56. The van der Waals surface area contributed by atoms with E-state index in [0.29, 0.717) is 18.0 Å². The fraction of sp³-hybridized carbons (Fsp3) is 0.250. The van der Waals surface area contributed by atoms with Crippen LogP contribution in [0.3, 0.4) is 0 Å². The van der Waals surface area contributed by atoms with E-state index in [1.807, 2.05) is 18.2 Å². The molecule has 0 aromatic heterocycles. The lowest BCUT2D eigenvalue weighted by molar-refractivity contribution is 0.404. The molecule has 0 aliphatic heterocycles. The fourth-order valence-electron chi connectivity index (χ4n) is 1.97. The molecular weight excluding hydrogens is 270 g/mol. The minimum atomic E-state index is 0.213. The van der Waals surface area contributed by atoms with E-state index < -0.39 is 0 Å². The van der Waals surface area contributed by atoms with Crippen molar-refractivity contribution < 1.29 is 19.3 Å². The normalized spacial score (nSPS) is 10.0. The molecule has 0 aliphatic rings. The van der Waals surface area contributed by atoms with Crippen molar-refractivity contribution in [3.63, 3.8) is 0 Å². The third-order valence-electron chi connectivity index (χ3n) is 3.16. The number of aromatic hydroxyl groups is 1. The van der Waals surface area contributed by atoms with Gasteiger partial charge in [-0.1, -0.05) is 0 Å². The van der Waals surface area contributed by atoms with Crippen molar-refractivity contribution in [2.24, 2.45) is 0 Å². The van der Waals surface area contributed by atoms with Gasteiger partial charge in [-0.2, -0.15) is 0 Å². The molecule has 0 spiro atoms. The van der Waals surface area contributed by atoms with Crippen molar-refractivity contribution >= 4 is 5.69 Å². The highest BCUT2D eigenvalue weighted by molar-refractivity contribution is 5.60. The third-order valence-corrected chi connectivity index (χ3v) is 3.16. The van der Waals surface area contributed by atoms with Gasteiger partial charge in [0.05, 0.1) is 27.0 Å². The second-order valence-electron chi connectivity index (χ2n) is 4.41. The predicted molar refractivity (Wildman–Crippen MR) is 81.5 cm³/mol.